The minimum Gasteiger partial charge on any atom is -0.486 e. The van der Waals surface area contributed by atoms with Gasteiger partial charge in [-0.15, -0.1) is 0 Å². The second-order valence-electron chi connectivity index (χ2n) is 6.99. The quantitative estimate of drug-likeness (QED) is 0.874. The van der Waals surface area contributed by atoms with Crippen LogP contribution in [0, 0.1) is 5.92 Å². The number of amides is 1. The van der Waals surface area contributed by atoms with Crippen LogP contribution in [0.4, 0.5) is 5.69 Å². The predicted molar refractivity (Wildman–Crippen MR) is 90.3 cm³/mol. The highest BCUT2D eigenvalue weighted by atomic mass is 16.5. The van der Waals surface area contributed by atoms with Gasteiger partial charge in [-0.2, -0.15) is 0 Å². The second-order valence-corrected chi connectivity index (χ2v) is 6.99. The Labute approximate surface area is 133 Å². The molecule has 22 heavy (non-hydrogen) atoms. The van der Waals surface area contributed by atoms with Gasteiger partial charge in [-0.25, -0.2) is 0 Å². The Morgan fingerprint density at radius 3 is 2.64 bits per heavy atom. The van der Waals surface area contributed by atoms with E-state index in [9.17, 15) is 4.79 Å². The number of carbonyl (C=O) groups is 1. The number of para-hydroxylation sites is 2. The summed E-state index contributed by atoms with van der Waals surface area (Å²) < 4.78 is 5.91. The van der Waals surface area contributed by atoms with Crippen molar-refractivity contribution in [3.63, 3.8) is 0 Å². The van der Waals surface area contributed by atoms with Crippen LogP contribution >= 0.6 is 0 Å². The molecule has 1 heterocycles. The van der Waals surface area contributed by atoms with E-state index < -0.39 is 0 Å². The van der Waals surface area contributed by atoms with Crippen molar-refractivity contribution < 1.29 is 9.53 Å². The number of hydrogen-bond acceptors (Lipinski definition) is 3. The van der Waals surface area contributed by atoms with E-state index in [-0.39, 0.29) is 11.5 Å². The van der Waals surface area contributed by atoms with Gasteiger partial charge in [0.05, 0.1) is 5.69 Å². The predicted octanol–water partition coefficient (Wildman–Crippen LogP) is 3.58. The number of rotatable bonds is 5. The summed E-state index contributed by atoms with van der Waals surface area (Å²) >= 11 is 0. The van der Waals surface area contributed by atoms with Crippen LogP contribution in [0.3, 0.4) is 0 Å². The minimum absolute atomic E-state index is 0.0727. The van der Waals surface area contributed by atoms with Crippen LogP contribution < -0.4 is 15.4 Å². The van der Waals surface area contributed by atoms with Crippen molar-refractivity contribution in [3.8, 4) is 5.75 Å². The number of nitrogens with one attached hydrogen (secondary N) is 2. The monoisotopic (exact) mass is 304 g/mol. The fraction of sp³-hybridized carbons (Fsp3) is 0.611. The Kier molecular flexibility index (Phi) is 5.83. The smallest absolute Gasteiger partial charge is 0.224 e. The Hall–Kier alpha value is -1.55. The van der Waals surface area contributed by atoms with Gasteiger partial charge in [0.15, 0.2) is 0 Å². The van der Waals surface area contributed by atoms with Crippen LogP contribution in [0.15, 0.2) is 24.3 Å². The summed E-state index contributed by atoms with van der Waals surface area (Å²) in [5.41, 5.74) is 0.475. The van der Waals surface area contributed by atoms with Crippen LogP contribution in [0.5, 0.6) is 5.75 Å². The summed E-state index contributed by atoms with van der Waals surface area (Å²) in [5, 5.41) is 6.35. The Morgan fingerprint density at radius 1 is 1.27 bits per heavy atom. The number of ether oxygens (including phenoxy) is 1. The summed E-state index contributed by atoms with van der Waals surface area (Å²) in [6.07, 6.45) is 3.90. The first-order valence-electron chi connectivity index (χ1n) is 8.23. The Balaban J connectivity index is 1.88. The van der Waals surface area contributed by atoms with Gasteiger partial charge < -0.3 is 15.4 Å². The topological polar surface area (TPSA) is 50.4 Å². The van der Waals surface area contributed by atoms with E-state index in [1.165, 1.54) is 12.8 Å². The van der Waals surface area contributed by atoms with Crippen LogP contribution in [0.2, 0.25) is 0 Å². The summed E-state index contributed by atoms with van der Waals surface area (Å²) in [5.74, 6) is 1.47. The van der Waals surface area contributed by atoms with Gasteiger partial charge in [-0.1, -0.05) is 12.1 Å². The number of hydrogen-bond donors (Lipinski definition) is 2. The molecular weight excluding hydrogens is 276 g/mol. The molecule has 1 saturated heterocycles. The van der Waals surface area contributed by atoms with E-state index >= 15 is 0 Å². The molecule has 2 rings (SSSR count). The minimum atomic E-state index is -0.282. The molecule has 1 amide bonds. The van der Waals surface area contributed by atoms with E-state index in [1.807, 2.05) is 45.0 Å². The van der Waals surface area contributed by atoms with Crippen molar-refractivity contribution in [2.45, 2.75) is 52.1 Å². The van der Waals surface area contributed by atoms with Crippen LogP contribution in [-0.2, 0) is 4.79 Å². The van der Waals surface area contributed by atoms with E-state index in [1.54, 1.807) is 0 Å². The zero-order valence-electron chi connectivity index (χ0n) is 13.9. The van der Waals surface area contributed by atoms with E-state index in [0.29, 0.717) is 12.3 Å². The van der Waals surface area contributed by atoms with Crippen LogP contribution in [-0.4, -0.2) is 24.6 Å². The highest BCUT2D eigenvalue weighted by Gasteiger charge is 2.17. The number of piperidine rings is 1. The van der Waals surface area contributed by atoms with E-state index in [4.69, 9.17) is 4.74 Å². The van der Waals surface area contributed by atoms with Crippen molar-refractivity contribution in [1.82, 2.24) is 5.32 Å². The maximum absolute atomic E-state index is 12.2. The SMILES string of the molecule is CC(C)(C)Oc1ccccc1NC(=O)CCC1CCNCC1. The molecule has 0 spiro atoms. The summed E-state index contributed by atoms with van der Waals surface area (Å²) in [7, 11) is 0. The van der Waals surface area contributed by atoms with Crippen molar-refractivity contribution in [1.29, 1.82) is 0 Å². The van der Waals surface area contributed by atoms with Crippen LogP contribution in [0.25, 0.3) is 0 Å². The largest absolute Gasteiger partial charge is 0.486 e. The van der Waals surface area contributed by atoms with Gasteiger partial charge in [0.2, 0.25) is 5.91 Å². The number of anilines is 1. The molecule has 4 heteroatoms. The van der Waals surface area contributed by atoms with E-state index in [0.717, 1.165) is 30.9 Å². The normalized spacial score (nSPS) is 16.3. The molecule has 1 fully saturated rings. The number of benzene rings is 1. The summed E-state index contributed by atoms with van der Waals surface area (Å²) in [4.78, 5) is 12.2. The molecular formula is C18H28N2O2. The summed E-state index contributed by atoms with van der Waals surface area (Å²) in [6.45, 7) is 8.16. The van der Waals surface area contributed by atoms with Gasteiger partial charge in [-0.05, 0) is 71.2 Å². The molecule has 0 saturated carbocycles. The molecule has 4 nitrogen and oxygen atoms in total. The molecule has 0 aliphatic carbocycles. The number of carbonyl (C=O) groups excluding carboxylic acids is 1. The molecule has 122 valence electrons. The van der Waals surface area contributed by atoms with Gasteiger partial charge in [0.25, 0.3) is 0 Å². The third-order valence-corrected chi connectivity index (χ3v) is 3.82. The first-order valence-corrected chi connectivity index (χ1v) is 8.23. The third kappa shape index (κ3) is 5.68. The molecule has 1 aromatic rings. The average Bonchev–Trinajstić information content (AvgIpc) is 2.47. The lowest BCUT2D eigenvalue weighted by Crippen LogP contribution is -2.28. The zero-order chi connectivity index (χ0) is 16.0. The molecule has 0 unspecified atom stereocenters. The lowest BCUT2D eigenvalue weighted by Gasteiger charge is -2.24. The van der Waals surface area contributed by atoms with Crippen molar-refractivity contribution in [2.75, 3.05) is 18.4 Å². The summed E-state index contributed by atoms with van der Waals surface area (Å²) in [6, 6.07) is 7.63. The average molecular weight is 304 g/mol. The maximum atomic E-state index is 12.2. The van der Waals surface area contributed by atoms with Crippen molar-refractivity contribution in [2.24, 2.45) is 5.92 Å². The second kappa shape index (κ2) is 7.63. The molecule has 0 bridgehead atoms. The van der Waals surface area contributed by atoms with Crippen molar-refractivity contribution >= 4 is 11.6 Å². The first-order chi connectivity index (χ1) is 10.4. The van der Waals surface area contributed by atoms with E-state index in [2.05, 4.69) is 10.6 Å². The third-order valence-electron chi connectivity index (χ3n) is 3.82. The van der Waals surface area contributed by atoms with Gasteiger partial charge >= 0.3 is 0 Å². The Morgan fingerprint density at radius 2 is 1.95 bits per heavy atom. The maximum Gasteiger partial charge on any atom is 0.224 e. The highest BCUT2D eigenvalue weighted by molar-refractivity contribution is 5.92. The molecule has 2 N–H and O–H groups in total. The molecule has 1 aromatic carbocycles. The van der Waals surface area contributed by atoms with Crippen LogP contribution in [0.1, 0.15) is 46.5 Å². The molecule has 0 radical (unpaired) electrons. The Bertz CT molecular complexity index is 488. The lowest BCUT2D eigenvalue weighted by atomic mass is 9.93. The highest BCUT2D eigenvalue weighted by Crippen LogP contribution is 2.28. The standard InChI is InChI=1S/C18H28N2O2/c1-18(2,3)22-16-7-5-4-6-15(16)20-17(21)9-8-14-10-12-19-13-11-14/h4-7,14,19H,8-13H2,1-3H3,(H,20,21). The molecule has 1 aliphatic heterocycles. The van der Waals surface area contributed by atoms with Crippen molar-refractivity contribution in [3.05, 3.63) is 24.3 Å². The molecule has 1 aliphatic rings. The molecule has 0 atom stereocenters. The molecule has 0 aromatic heterocycles. The fourth-order valence-corrected chi connectivity index (χ4v) is 2.71. The lowest BCUT2D eigenvalue weighted by molar-refractivity contribution is -0.116. The first kappa shape index (κ1) is 16.8. The van der Waals surface area contributed by atoms with Gasteiger partial charge in [-0.3, -0.25) is 4.79 Å². The fourth-order valence-electron chi connectivity index (χ4n) is 2.71. The van der Waals surface area contributed by atoms with Gasteiger partial charge in [0.1, 0.15) is 11.4 Å². The van der Waals surface area contributed by atoms with Gasteiger partial charge in [0, 0.05) is 6.42 Å². The zero-order valence-corrected chi connectivity index (χ0v) is 13.9.